The third kappa shape index (κ3) is 2.76. The van der Waals surface area contributed by atoms with Gasteiger partial charge in [-0.15, -0.1) is 0 Å². The molecule has 1 aromatic carbocycles. The minimum Gasteiger partial charge on any atom is -0.372 e. The maximum atomic E-state index is 5.29. The largest absolute Gasteiger partial charge is 0.372 e. The van der Waals surface area contributed by atoms with Crippen LogP contribution in [-0.4, -0.2) is 29.6 Å². The minimum absolute atomic E-state index is 0.598. The summed E-state index contributed by atoms with van der Waals surface area (Å²) >= 11 is 5.25. The Balaban J connectivity index is 2.01. The maximum absolute atomic E-state index is 5.29. The second-order valence-corrected chi connectivity index (χ2v) is 4.32. The Morgan fingerprint density at radius 1 is 1.33 bits per heavy atom. The predicted molar refractivity (Wildman–Crippen MR) is 65.0 cm³/mol. The molecule has 0 aliphatic carbocycles. The van der Waals surface area contributed by atoms with E-state index in [2.05, 4.69) is 36.1 Å². The summed E-state index contributed by atoms with van der Waals surface area (Å²) < 4.78 is 5.29. The fourth-order valence-electron chi connectivity index (χ4n) is 1.63. The molecular weight excluding hydrogens is 206 g/mol. The quantitative estimate of drug-likeness (QED) is 0.710. The molecule has 0 aromatic heterocycles. The SMILES string of the molecule is Cc1ccc(CN2CCOCC2=S)cc1. The fraction of sp³-hybridized carbons (Fsp3) is 0.417. The molecule has 1 heterocycles. The van der Waals surface area contributed by atoms with Gasteiger partial charge < -0.3 is 9.64 Å². The van der Waals surface area contributed by atoms with Gasteiger partial charge in [0.15, 0.2) is 0 Å². The third-order valence-corrected chi connectivity index (χ3v) is 2.95. The Labute approximate surface area is 95.8 Å². The van der Waals surface area contributed by atoms with Gasteiger partial charge in [-0.2, -0.15) is 0 Å². The monoisotopic (exact) mass is 221 g/mol. The summed E-state index contributed by atoms with van der Waals surface area (Å²) in [6, 6.07) is 8.60. The molecular formula is C12H15NOS. The highest BCUT2D eigenvalue weighted by atomic mass is 32.1. The smallest absolute Gasteiger partial charge is 0.104 e. The summed E-state index contributed by atoms with van der Waals surface area (Å²) in [5.74, 6) is 0. The second kappa shape index (κ2) is 4.73. The summed E-state index contributed by atoms with van der Waals surface area (Å²) in [5, 5.41) is 0. The molecule has 0 unspecified atom stereocenters. The van der Waals surface area contributed by atoms with E-state index in [-0.39, 0.29) is 0 Å². The molecule has 0 amide bonds. The van der Waals surface area contributed by atoms with E-state index in [0.29, 0.717) is 6.61 Å². The Kier molecular flexibility index (Phi) is 3.34. The van der Waals surface area contributed by atoms with Gasteiger partial charge >= 0.3 is 0 Å². The number of nitrogens with zero attached hydrogens (tertiary/aromatic N) is 1. The molecule has 0 N–H and O–H groups in total. The standard InChI is InChI=1S/C12H15NOS/c1-10-2-4-11(5-3-10)8-13-6-7-14-9-12(13)15/h2-5H,6-9H2,1H3. The summed E-state index contributed by atoms with van der Waals surface area (Å²) in [5.41, 5.74) is 2.60. The Hall–Kier alpha value is -0.930. The molecule has 2 nitrogen and oxygen atoms in total. The average Bonchev–Trinajstić information content (AvgIpc) is 2.25. The van der Waals surface area contributed by atoms with Gasteiger partial charge in [-0.25, -0.2) is 0 Å². The summed E-state index contributed by atoms with van der Waals surface area (Å²) in [6.07, 6.45) is 0. The first-order valence-electron chi connectivity index (χ1n) is 5.17. The van der Waals surface area contributed by atoms with Gasteiger partial charge in [-0.1, -0.05) is 42.0 Å². The highest BCUT2D eigenvalue weighted by Crippen LogP contribution is 2.10. The van der Waals surface area contributed by atoms with E-state index in [1.165, 1.54) is 11.1 Å². The molecule has 1 saturated heterocycles. The van der Waals surface area contributed by atoms with Crippen molar-refractivity contribution in [3.8, 4) is 0 Å². The van der Waals surface area contributed by atoms with Crippen molar-refractivity contribution in [3.05, 3.63) is 35.4 Å². The minimum atomic E-state index is 0.598. The van der Waals surface area contributed by atoms with Crippen molar-refractivity contribution in [1.82, 2.24) is 4.90 Å². The number of hydrogen-bond donors (Lipinski definition) is 0. The van der Waals surface area contributed by atoms with E-state index in [1.807, 2.05) is 0 Å². The first kappa shape index (κ1) is 10.6. The van der Waals surface area contributed by atoms with Gasteiger partial charge in [0.25, 0.3) is 0 Å². The Bertz CT molecular complexity index is 347. The van der Waals surface area contributed by atoms with Crippen molar-refractivity contribution in [1.29, 1.82) is 0 Å². The fourth-order valence-corrected chi connectivity index (χ4v) is 1.87. The topological polar surface area (TPSA) is 12.5 Å². The van der Waals surface area contributed by atoms with Crippen LogP contribution >= 0.6 is 12.2 Å². The Morgan fingerprint density at radius 2 is 2.07 bits per heavy atom. The lowest BCUT2D eigenvalue weighted by Crippen LogP contribution is -2.39. The van der Waals surface area contributed by atoms with Crippen LogP contribution < -0.4 is 0 Å². The van der Waals surface area contributed by atoms with Crippen LogP contribution in [-0.2, 0) is 11.3 Å². The molecule has 0 bridgehead atoms. The van der Waals surface area contributed by atoms with Crippen molar-refractivity contribution in [3.63, 3.8) is 0 Å². The highest BCUT2D eigenvalue weighted by Gasteiger charge is 2.14. The molecule has 1 aliphatic heterocycles. The zero-order valence-corrected chi connectivity index (χ0v) is 9.72. The van der Waals surface area contributed by atoms with Crippen molar-refractivity contribution < 1.29 is 4.74 Å². The van der Waals surface area contributed by atoms with Crippen LogP contribution in [0.3, 0.4) is 0 Å². The average molecular weight is 221 g/mol. The first-order chi connectivity index (χ1) is 7.25. The number of ether oxygens (including phenoxy) is 1. The number of rotatable bonds is 2. The lowest BCUT2D eigenvalue weighted by atomic mass is 10.1. The highest BCUT2D eigenvalue weighted by molar-refractivity contribution is 7.80. The van der Waals surface area contributed by atoms with Gasteiger partial charge in [-0.3, -0.25) is 0 Å². The number of aryl methyl sites for hydroxylation is 1. The van der Waals surface area contributed by atoms with E-state index in [0.717, 1.165) is 24.7 Å². The van der Waals surface area contributed by atoms with Gasteiger partial charge in [-0.05, 0) is 12.5 Å². The lowest BCUT2D eigenvalue weighted by Gasteiger charge is -2.29. The maximum Gasteiger partial charge on any atom is 0.104 e. The van der Waals surface area contributed by atoms with Gasteiger partial charge in [0.1, 0.15) is 4.99 Å². The van der Waals surface area contributed by atoms with Gasteiger partial charge in [0.2, 0.25) is 0 Å². The van der Waals surface area contributed by atoms with Crippen LogP contribution in [0.1, 0.15) is 11.1 Å². The summed E-state index contributed by atoms with van der Waals surface area (Å²) in [7, 11) is 0. The molecule has 2 rings (SSSR count). The molecule has 1 fully saturated rings. The van der Waals surface area contributed by atoms with E-state index in [4.69, 9.17) is 17.0 Å². The zero-order chi connectivity index (χ0) is 10.7. The number of hydrogen-bond acceptors (Lipinski definition) is 2. The molecule has 0 saturated carbocycles. The normalized spacial score (nSPS) is 16.9. The van der Waals surface area contributed by atoms with Crippen LogP contribution in [0.2, 0.25) is 0 Å². The van der Waals surface area contributed by atoms with Crippen LogP contribution in [0.5, 0.6) is 0 Å². The first-order valence-corrected chi connectivity index (χ1v) is 5.57. The molecule has 15 heavy (non-hydrogen) atoms. The second-order valence-electron chi connectivity index (χ2n) is 3.85. The molecule has 1 aliphatic rings. The molecule has 1 aromatic rings. The molecule has 0 radical (unpaired) electrons. The molecule has 0 atom stereocenters. The lowest BCUT2D eigenvalue weighted by molar-refractivity contribution is 0.117. The van der Waals surface area contributed by atoms with E-state index in [1.54, 1.807) is 0 Å². The molecule has 3 heteroatoms. The van der Waals surface area contributed by atoms with E-state index >= 15 is 0 Å². The van der Waals surface area contributed by atoms with Gasteiger partial charge in [0, 0.05) is 13.1 Å². The van der Waals surface area contributed by atoms with E-state index < -0.39 is 0 Å². The zero-order valence-electron chi connectivity index (χ0n) is 8.90. The van der Waals surface area contributed by atoms with Crippen molar-refractivity contribution in [2.24, 2.45) is 0 Å². The Morgan fingerprint density at radius 3 is 2.73 bits per heavy atom. The van der Waals surface area contributed by atoms with Crippen LogP contribution in [0.15, 0.2) is 24.3 Å². The number of thiocarbonyl (C=S) groups is 1. The van der Waals surface area contributed by atoms with Crippen LogP contribution in [0.25, 0.3) is 0 Å². The van der Waals surface area contributed by atoms with Crippen molar-refractivity contribution in [2.75, 3.05) is 19.8 Å². The number of morpholine rings is 1. The predicted octanol–water partition coefficient (Wildman–Crippen LogP) is 2.15. The van der Waals surface area contributed by atoms with Crippen LogP contribution in [0, 0.1) is 6.92 Å². The van der Waals surface area contributed by atoms with E-state index in [9.17, 15) is 0 Å². The summed E-state index contributed by atoms with van der Waals surface area (Å²) in [4.78, 5) is 3.13. The third-order valence-electron chi connectivity index (χ3n) is 2.58. The molecule has 0 spiro atoms. The van der Waals surface area contributed by atoms with Crippen LogP contribution in [0.4, 0.5) is 0 Å². The number of benzene rings is 1. The van der Waals surface area contributed by atoms with Crippen molar-refractivity contribution in [2.45, 2.75) is 13.5 Å². The molecule has 80 valence electrons. The van der Waals surface area contributed by atoms with Crippen molar-refractivity contribution >= 4 is 17.2 Å². The van der Waals surface area contributed by atoms with Gasteiger partial charge in [0.05, 0.1) is 13.2 Å². The summed E-state index contributed by atoms with van der Waals surface area (Å²) in [6.45, 7) is 5.30.